The van der Waals surface area contributed by atoms with Gasteiger partial charge in [0.05, 0.1) is 4.90 Å². The third-order valence-corrected chi connectivity index (χ3v) is 5.66. The Labute approximate surface area is 153 Å². The Hall–Kier alpha value is -2.51. The molecule has 1 N–H and O–H groups in total. The lowest BCUT2D eigenvalue weighted by molar-refractivity contribution is 0.379. The summed E-state index contributed by atoms with van der Waals surface area (Å²) in [6, 6.07) is 12.9. The van der Waals surface area contributed by atoms with E-state index >= 15 is 0 Å². The molecule has 0 aliphatic carbocycles. The SMILES string of the molecule is Cc1ccc(-c2noc(CCNS(=O)(=O)c3ccc(C)c(C)c3)n2)cc1. The molecule has 0 saturated carbocycles. The molecule has 0 spiro atoms. The average Bonchev–Trinajstić information content (AvgIpc) is 3.06. The van der Waals surface area contributed by atoms with Crippen molar-refractivity contribution >= 4 is 10.0 Å². The van der Waals surface area contributed by atoms with Gasteiger partial charge in [-0.15, -0.1) is 0 Å². The van der Waals surface area contributed by atoms with Gasteiger partial charge in [0.25, 0.3) is 0 Å². The second-order valence-corrected chi connectivity index (χ2v) is 8.04. The van der Waals surface area contributed by atoms with Crippen LogP contribution in [0.2, 0.25) is 0 Å². The van der Waals surface area contributed by atoms with Crippen LogP contribution in [0, 0.1) is 20.8 Å². The lowest BCUT2D eigenvalue weighted by Gasteiger charge is -2.07. The Morgan fingerprint density at radius 3 is 2.42 bits per heavy atom. The fraction of sp³-hybridized carbons (Fsp3) is 0.263. The first-order valence-electron chi connectivity index (χ1n) is 8.32. The first kappa shape index (κ1) is 18.3. The molecule has 2 aromatic carbocycles. The molecule has 3 rings (SSSR count). The number of aryl methyl sites for hydroxylation is 3. The normalized spacial score (nSPS) is 11.7. The van der Waals surface area contributed by atoms with Crippen LogP contribution in [0.5, 0.6) is 0 Å². The number of rotatable bonds is 6. The van der Waals surface area contributed by atoms with Crippen LogP contribution in [0.1, 0.15) is 22.6 Å². The summed E-state index contributed by atoms with van der Waals surface area (Å²) < 4.78 is 32.5. The number of sulfonamides is 1. The summed E-state index contributed by atoms with van der Waals surface area (Å²) in [7, 11) is -3.56. The highest BCUT2D eigenvalue weighted by molar-refractivity contribution is 7.89. The molecule has 0 bridgehead atoms. The van der Waals surface area contributed by atoms with E-state index in [1.54, 1.807) is 18.2 Å². The zero-order valence-corrected chi connectivity index (χ0v) is 15.8. The van der Waals surface area contributed by atoms with E-state index in [9.17, 15) is 8.42 Å². The molecular weight excluding hydrogens is 350 g/mol. The predicted molar refractivity (Wildman–Crippen MR) is 99.3 cm³/mol. The van der Waals surface area contributed by atoms with E-state index in [2.05, 4.69) is 14.9 Å². The summed E-state index contributed by atoms with van der Waals surface area (Å²) in [5, 5.41) is 3.95. The van der Waals surface area contributed by atoms with Gasteiger partial charge in [-0.25, -0.2) is 13.1 Å². The first-order chi connectivity index (χ1) is 12.3. The molecule has 0 atom stereocenters. The van der Waals surface area contributed by atoms with Crippen molar-refractivity contribution in [2.45, 2.75) is 32.1 Å². The third kappa shape index (κ3) is 4.17. The van der Waals surface area contributed by atoms with Crippen LogP contribution in [-0.2, 0) is 16.4 Å². The molecule has 0 fully saturated rings. The zero-order chi connectivity index (χ0) is 18.7. The van der Waals surface area contributed by atoms with Crippen molar-refractivity contribution < 1.29 is 12.9 Å². The maximum absolute atomic E-state index is 12.4. The minimum Gasteiger partial charge on any atom is -0.339 e. The molecule has 1 aromatic heterocycles. The molecule has 7 heteroatoms. The highest BCUT2D eigenvalue weighted by Crippen LogP contribution is 2.17. The summed E-state index contributed by atoms with van der Waals surface area (Å²) >= 11 is 0. The smallest absolute Gasteiger partial charge is 0.240 e. The van der Waals surface area contributed by atoms with Gasteiger partial charge in [-0.3, -0.25) is 0 Å². The number of aromatic nitrogens is 2. The van der Waals surface area contributed by atoms with E-state index in [0.717, 1.165) is 22.3 Å². The minimum absolute atomic E-state index is 0.185. The molecule has 0 aliphatic heterocycles. The largest absolute Gasteiger partial charge is 0.339 e. The van der Waals surface area contributed by atoms with E-state index < -0.39 is 10.0 Å². The average molecular weight is 371 g/mol. The van der Waals surface area contributed by atoms with Gasteiger partial charge in [0, 0.05) is 18.5 Å². The molecule has 6 nitrogen and oxygen atoms in total. The van der Waals surface area contributed by atoms with Crippen molar-refractivity contribution in [3.05, 3.63) is 65.0 Å². The van der Waals surface area contributed by atoms with Crippen LogP contribution >= 0.6 is 0 Å². The van der Waals surface area contributed by atoms with Gasteiger partial charge < -0.3 is 4.52 Å². The van der Waals surface area contributed by atoms with Crippen LogP contribution in [0.25, 0.3) is 11.4 Å². The van der Waals surface area contributed by atoms with Crippen molar-refractivity contribution in [3.63, 3.8) is 0 Å². The number of nitrogens with zero attached hydrogens (tertiary/aromatic N) is 2. The maximum atomic E-state index is 12.4. The van der Waals surface area contributed by atoms with Gasteiger partial charge in [-0.05, 0) is 44.0 Å². The molecule has 1 heterocycles. The van der Waals surface area contributed by atoms with Gasteiger partial charge >= 0.3 is 0 Å². The second-order valence-electron chi connectivity index (χ2n) is 6.27. The lowest BCUT2D eigenvalue weighted by atomic mass is 10.1. The topological polar surface area (TPSA) is 85.1 Å². The molecule has 0 amide bonds. The second kappa shape index (κ2) is 7.39. The van der Waals surface area contributed by atoms with Crippen LogP contribution in [-0.4, -0.2) is 25.1 Å². The van der Waals surface area contributed by atoms with E-state index in [-0.39, 0.29) is 11.4 Å². The number of hydrogen-bond donors (Lipinski definition) is 1. The van der Waals surface area contributed by atoms with Crippen molar-refractivity contribution in [2.75, 3.05) is 6.54 Å². The fourth-order valence-corrected chi connectivity index (χ4v) is 3.55. The predicted octanol–water partition coefficient (Wildman–Crippen LogP) is 3.18. The highest BCUT2D eigenvalue weighted by atomic mass is 32.2. The van der Waals surface area contributed by atoms with Crippen molar-refractivity contribution in [1.82, 2.24) is 14.9 Å². The van der Waals surface area contributed by atoms with Gasteiger partial charge in [0.1, 0.15) is 0 Å². The fourth-order valence-electron chi connectivity index (χ4n) is 2.43. The van der Waals surface area contributed by atoms with Gasteiger partial charge in [0.2, 0.25) is 21.7 Å². The van der Waals surface area contributed by atoms with Crippen molar-refractivity contribution in [3.8, 4) is 11.4 Å². The summed E-state index contributed by atoms with van der Waals surface area (Å²) in [4.78, 5) is 4.57. The molecule has 0 unspecified atom stereocenters. The van der Waals surface area contributed by atoms with Gasteiger partial charge in [-0.2, -0.15) is 4.98 Å². The minimum atomic E-state index is -3.56. The van der Waals surface area contributed by atoms with E-state index in [0.29, 0.717) is 18.1 Å². The van der Waals surface area contributed by atoms with E-state index in [4.69, 9.17) is 4.52 Å². The van der Waals surface area contributed by atoms with Gasteiger partial charge in [0.15, 0.2) is 0 Å². The Bertz CT molecular complexity index is 1010. The lowest BCUT2D eigenvalue weighted by Crippen LogP contribution is -2.26. The monoisotopic (exact) mass is 371 g/mol. The quantitative estimate of drug-likeness (QED) is 0.719. The van der Waals surface area contributed by atoms with Gasteiger partial charge in [-0.1, -0.05) is 41.1 Å². The molecule has 0 saturated heterocycles. The Morgan fingerprint density at radius 1 is 1.00 bits per heavy atom. The zero-order valence-electron chi connectivity index (χ0n) is 15.0. The van der Waals surface area contributed by atoms with E-state index in [1.807, 2.05) is 45.0 Å². The molecule has 0 radical (unpaired) electrons. The molecule has 3 aromatic rings. The van der Waals surface area contributed by atoms with Crippen LogP contribution in [0.3, 0.4) is 0 Å². The van der Waals surface area contributed by atoms with Crippen LogP contribution < -0.4 is 4.72 Å². The molecule has 136 valence electrons. The van der Waals surface area contributed by atoms with Crippen LogP contribution in [0.4, 0.5) is 0 Å². The number of benzene rings is 2. The molecule has 26 heavy (non-hydrogen) atoms. The molecule has 0 aliphatic rings. The van der Waals surface area contributed by atoms with Crippen LogP contribution in [0.15, 0.2) is 51.9 Å². The maximum Gasteiger partial charge on any atom is 0.240 e. The van der Waals surface area contributed by atoms with Crippen molar-refractivity contribution in [2.24, 2.45) is 0 Å². The van der Waals surface area contributed by atoms with E-state index in [1.165, 1.54) is 0 Å². The highest BCUT2D eigenvalue weighted by Gasteiger charge is 2.15. The summed E-state index contributed by atoms with van der Waals surface area (Å²) in [6.45, 7) is 6.03. The summed E-state index contributed by atoms with van der Waals surface area (Å²) in [5.74, 6) is 0.889. The molecular formula is C19H21N3O3S. The summed E-state index contributed by atoms with van der Waals surface area (Å²) in [5.41, 5.74) is 4.01. The number of nitrogens with one attached hydrogen (secondary N) is 1. The number of hydrogen-bond acceptors (Lipinski definition) is 5. The first-order valence-corrected chi connectivity index (χ1v) is 9.80. The Balaban J connectivity index is 1.62. The summed E-state index contributed by atoms with van der Waals surface area (Å²) in [6.07, 6.45) is 0.322. The third-order valence-electron chi connectivity index (χ3n) is 4.20. The Kier molecular flexibility index (Phi) is 5.20. The Morgan fingerprint density at radius 2 is 1.73 bits per heavy atom. The van der Waals surface area contributed by atoms with Crippen molar-refractivity contribution in [1.29, 1.82) is 0 Å². The standard InChI is InChI=1S/C19H21N3O3S/c1-13-4-7-16(8-5-13)19-21-18(25-22-19)10-11-20-26(23,24)17-9-6-14(2)15(3)12-17/h4-9,12,20H,10-11H2,1-3H3.